The number of esters is 1. The van der Waals surface area contributed by atoms with E-state index in [1.165, 1.54) is 24.3 Å². The highest BCUT2D eigenvalue weighted by molar-refractivity contribution is 5.89. The maximum atomic E-state index is 12.9. The maximum Gasteiger partial charge on any atom is 0.338 e. The van der Waals surface area contributed by atoms with Gasteiger partial charge in [0.25, 0.3) is 0 Å². The number of hydrogen-bond donors (Lipinski definition) is 0. The van der Waals surface area contributed by atoms with Gasteiger partial charge < -0.3 is 9.64 Å². The van der Waals surface area contributed by atoms with Gasteiger partial charge in [-0.25, -0.2) is 9.18 Å². The zero-order valence-corrected chi connectivity index (χ0v) is 13.2. The highest BCUT2D eigenvalue weighted by Gasteiger charge is 2.30. The molecule has 1 amide bonds. The maximum absolute atomic E-state index is 12.9. The lowest BCUT2D eigenvalue weighted by atomic mass is 10.1. The van der Waals surface area contributed by atoms with Crippen LogP contribution in [0.15, 0.2) is 54.6 Å². The van der Waals surface area contributed by atoms with Gasteiger partial charge in [-0.05, 0) is 29.8 Å². The molecule has 0 N–H and O–H groups in total. The van der Waals surface area contributed by atoms with Gasteiger partial charge in [-0.2, -0.15) is 0 Å². The third-order valence-electron chi connectivity index (χ3n) is 4.04. The topological polar surface area (TPSA) is 46.6 Å². The van der Waals surface area contributed by atoms with E-state index in [-0.39, 0.29) is 18.4 Å². The fourth-order valence-electron chi connectivity index (χ4n) is 2.79. The van der Waals surface area contributed by atoms with Gasteiger partial charge in [-0.1, -0.05) is 30.3 Å². The largest absolute Gasteiger partial charge is 0.462 e. The normalized spacial score (nSPS) is 17.1. The summed E-state index contributed by atoms with van der Waals surface area (Å²) in [4.78, 5) is 25.8. The molecule has 1 aliphatic heterocycles. The Labute approximate surface area is 139 Å². The minimum Gasteiger partial charge on any atom is -0.462 e. The van der Waals surface area contributed by atoms with Gasteiger partial charge in [0.1, 0.15) is 5.82 Å². The minimum absolute atomic E-state index is 0.00869. The summed E-state index contributed by atoms with van der Waals surface area (Å²) in [5.41, 5.74) is 1.39. The molecule has 5 heteroatoms. The van der Waals surface area contributed by atoms with E-state index in [2.05, 4.69) is 0 Å². The summed E-state index contributed by atoms with van der Waals surface area (Å²) < 4.78 is 18.1. The number of halogens is 1. The van der Waals surface area contributed by atoms with Gasteiger partial charge in [0, 0.05) is 25.4 Å². The Morgan fingerprint density at radius 2 is 1.83 bits per heavy atom. The molecular weight excluding hydrogens is 309 g/mol. The Hall–Kier alpha value is -2.69. The first-order chi connectivity index (χ1) is 11.6. The van der Waals surface area contributed by atoms with Crippen molar-refractivity contribution in [3.05, 3.63) is 71.5 Å². The van der Waals surface area contributed by atoms with Crippen LogP contribution in [-0.4, -0.2) is 29.9 Å². The molecule has 3 rings (SSSR count). The number of likely N-dealkylation sites (tertiary alicyclic amines) is 1. The molecule has 1 aliphatic rings. The van der Waals surface area contributed by atoms with Crippen molar-refractivity contribution in [2.24, 2.45) is 5.92 Å². The molecule has 1 fully saturated rings. The highest BCUT2D eigenvalue weighted by atomic mass is 19.1. The van der Waals surface area contributed by atoms with Crippen molar-refractivity contribution >= 4 is 11.9 Å². The number of benzene rings is 2. The van der Waals surface area contributed by atoms with Gasteiger partial charge in [-0.15, -0.1) is 0 Å². The fourth-order valence-corrected chi connectivity index (χ4v) is 2.79. The van der Waals surface area contributed by atoms with Crippen molar-refractivity contribution in [1.82, 2.24) is 4.90 Å². The Morgan fingerprint density at radius 3 is 2.54 bits per heavy atom. The lowest BCUT2D eigenvalue weighted by Crippen LogP contribution is -2.25. The smallest absolute Gasteiger partial charge is 0.338 e. The van der Waals surface area contributed by atoms with E-state index in [4.69, 9.17) is 4.74 Å². The van der Waals surface area contributed by atoms with Crippen molar-refractivity contribution in [3.8, 4) is 0 Å². The summed E-state index contributed by atoms with van der Waals surface area (Å²) in [5.74, 6) is -0.833. The monoisotopic (exact) mass is 327 g/mol. The Kier molecular flexibility index (Phi) is 4.89. The van der Waals surface area contributed by atoms with Gasteiger partial charge >= 0.3 is 5.97 Å². The molecule has 1 heterocycles. The molecule has 4 nitrogen and oxygen atoms in total. The van der Waals surface area contributed by atoms with Crippen LogP contribution in [-0.2, 0) is 16.1 Å². The minimum atomic E-state index is -0.496. The summed E-state index contributed by atoms with van der Waals surface area (Å²) in [6, 6.07) is 15.0. The SMILES string of the molecule is O=C(OC[C@H]1CC(=O)N(Cc2ccccc2)C1)c1ccc(F)cc1. The molecule has 1 atom stereocenters. The van der Waals surface area contributed by atoms with Gasteiger partial charge in [-0.3, -0.25) is 4.79 Å². The van der Waals surface area contributed by atoms with Crippen LogP contribution in [0.1, 0.15) is 22.3 Å². The molecule has 0 aromatic heterocycles. The van der Waals surface area contributed by atoms with Crippen LogP contribution in [0.2, 0.25) is 0 Å². The van der Waals surface area contributed by atoms with Crippen LogP contribution in [0.5, 0.6) is 0 Å². The third-order valence-corrected chi connectivity index (χ3v) is 4.04. The zero-order valence-electron chi connectivity index (χ0n) is 13.2. The first-order valence-corrected chi connectivity index (χ1v) is 7.86. The average molecular weight is 327 g/mol. The summed E-state index contributed by atoms with van der Waals surface area (Å²) in [5, 5.41) is 0. The fraction of sp³-hybridized carbons (Fsp3) is 0.263. The Bertz CT molecular complexity index is 715. The van der Waals surface area contributed by atoms with Crippen molar-refractivity contribution in [2.45, 2.75) is 13.0 Å². The summed E-state index contributed by atoms with van der Waals surface area (Å²) in [7, 11) is 0. The van der Waals surface area contributed by atoms with E-state index < -0.39 is 11.8 Å². The first-order valence-electron chi connectivity index (χ1n) is 7.86. The van der Waals surface area contributed by atoms with Crippen LogP contribution in [0.4, 0.5) is 4.39 Å². The summed E-state index contributed by atoms with van der Waals surface area (Å²) in [6.07, 6.45) is 0.379. The summed E-state index contributed by atoms with van der Waals surface area (Å²) >= 11 is 0. The quantitative estimate of drug-likeness (QED) is 0.793. The molecule has 0 aliphatic carbocycles. The molecule has 0 radical (unpaired) electrons. The Morgan fingerprint density at radius 1 is 1.12 bits per heavy atom. The zero-order chi connectivity index (χ0) is 16.9. The van der Waals surface area contributed by atoms with Crippen molar-refractivity contribution in [3.63, 3.8) is 0 Å². The van der Waals surface area contributed by atoms with E-state index in [1.54, 1.807) is 4.90 Å². The van der Waals surface area contributed by atoms with E-state index in [9.17, 15) is 14.0 Å². The van der Waals surface area contributed by atoms with E-state index in [1.807, 2.05) is 30.3 Å². The van der Waals surface area contributed by atoms with Gasteiger partial charge in [0.05, 0.1) is 12.2 Å². The first kappa shape index (κ1) is 16.2. The average Bonchev–Trinajstić information content (AvgIpc) is 2.94. The van der Waals surface area contributed by atoms with Crippen molar-refractivity contribution in [1.29, 1.82) is 0 Å². The van der Waals surface area contributed by atoms with Crippen LogP contribution < -0.4 is 0 Å². The van der Waals surface area contributed by atoms with Gasteiger partial charge in [0.2, 0.25) is 5.91 Å². The van der Waals surface area contributed by atoms with E-state index >= 15 is 0 Å². The van der Waals surface area contributed by atoms with Gasteiger partial charge in [0.15, 0.2) is 0 Å². The van der Waals surface area contributed by atoms with Crippen LogP contribution in [0.25, 0.3) is 0 Å². The standard InChI is InChI=1S/C19H18FNO3/c20-17-8-6-16(7-9-17)19(23)24-13-15-10-18(22)21(12-15)11-14-4-2-1-3-5-14/h1-9,15H,10-13H2/t15-/m0/s1. The molecule has 0 spiro atoms. The predicted molar refractivity (Wildman–Crippen MR) is 86.6 cm³/mol. The second-order valence-corrected chi connectivity index (χ2v) is 5.94. The third kappa shape index (κ3) is 3.98. The highest BCUT2D eigenvalue weighted by Crippen LogP contribution is 2.21. The number of amides is 1. The van der Waals surface area contributed by atoms with Crippen molar-refractivity contribution < 1.29 is 18.7 Å². The molecule has 1 saturated heterocycles. The molecule has 2 aromatic carbocycles. The molecule has 0 unspecified atom stereocenters. The lowest BCUT2D eigenvalue weighted by Gasteiger charge is -2.16. The summed E-state index contributed by atoms with van der Waals surface area (Å²) in [6.45, 7) is 1.33. The second kappa shape index (κ2) is 7.25. The molecule has 2 aromatic rings. The number of rotatable bonds is 5. The predicted octanol–water partition coefficient (Wildman–Crippen LogP) is 3.03. The van der Waals surface area contributed by atoms with Crippen LogP contribution >= 0.6 is 0 Å². The molecule has 0 saturated carbocycles. The molecule has 124 valence electrons. The molecule has 24 heavy (non-hydrogen) atoms. The van der Waals surface area contributed by atoms with Crippen molar-refractivity contribution in [2.75, 3.05) is 13.2 Å². The Balaban J connectivity index is 1.51. The molecule has 0 bridgehead atoms. The molecular formula is C19H18FNO3. The number of carbonyl (C=O) groups excluding carboxylic acids is 2. The van der Waals surface area contributed by atoms with Crippen LogP contribution in [0, 0.1) is 11.7 Å². The lowest BCUT2D eigenvalue weighted by molar-refractivity contribution is -0.128. The number of hydrogen-bond acceptors (Lipinski definition) is 3. The van der Waals surface area contributed by atoms with E-state index in [0.29, 0.717) is 25.1 Å². The number of nitrogens with zero attached hydrogens (tertiary/aromatic N) is 1. The number of carbonyl (C=O) groups is 2. The second-order valence-electron chi connectivity index (χ2n) is 5.94. The van der Waals surface area contributed by atoms with E-state index in [0.717, 1.165) is 5.56 Å². The van der Waals surface area contributed by atoms with Crippen LogP contribution in [0.3, 0.4) is 0 Å². The number of ether oxygens (including phenoxy) is 1.